The Hall–Kier alpha value is 0.270. The zero-order valence-corrected chi connectivity index (χ0v) is 19.0. The third kappa shape index (κ3) is 9.10. The van der Waals surface area contributed by atoms with Crippen LogP contribution in [0.3, 0.4) is 0 Å². The number of ether oxygens (including phenoxy) is 1. The highest BCUT2D eigenvalue weighted by atomic mass is 127. The van der Waals surface area contributed by atoms with Crippen molar-refractivity contribution in [3.05, 3.63) is 0 Å². The van der Waals surface area contributed by atoms with Gasteiger partial charge in [0, 0.05) is 38.0 Å². The van der Waals surface area contributed by atoms with Gasteiger partial charge >= 0.3 is 0 Å². The number of hydrogen-bond acceptors (Lipinski definition) is 4. The molecule has 1 atom stereocenters. The number of nitrogens with zero attached hydrogens (tertiary/aromatic N) is 2. The summed E-state index contributed by atoms with van der Waals surface area (Å²) in [6, 6.07) is 0.518. The molecular weight excluding hydrogens is 435 g/mol. The number of guanidine groups is 1. The summed E-state index contributed by atoms with van der Waals surface area (Å²) >= 11 is 1.85. The molecule has 0 radical (unpaired) electrons. The molecular formula is C17H37IN4OS. The van der Waals surface area contributed by atoms with Crippen LogP contribution in [0.4, 0.5) is 0 Å². The van der Waals surface area contributed by atoms with Gasteiger partial charge in [0.15, 0.2) is 5.96 Å². The third-order valence-electron chi connectivity index (χ3n) is 4.49. The van der Waals surface area contributed by atoms with Crippen molar-refractivity contribution in [2.24, 2.45) is 10.9 Å². The number of morpholine rings is 1. The van der Waals surface area contributed by atoms with E-state index in [-0.39, 0.29) is 24.0 Å². The molecule has 7 heteroatoms. The first kappa shape index (κ1) is 24.3. The van der Waals surface area contributed by atoms with Crippen molar-refractivity contribution in [1.82, 2.24) is 15.5 Å². The van der Waals surface area contributed by atoms with E-state index in [9.17, 15) is 0 Å². The molecule has 5 nitrogen and oxygen atoms in total. The lowest BCUT2D eigenvalue weighted by atomic mass is 9.92. The van der Waals surface area contributed by atoms with Crippen LogP contribution in [0.25, 0.3) is 0 Å². The van der Waals surface area contributed by atoms with E-state index in [4.69, 9.17) is 9.73 Å². The number of thioether (sulfide) groups is 1. The summed E-state index contributed by atoms with van der Waals surface area (Å²) in [6.07, 6.45) is 4.56. The van der Waals surface area contributed by atoms with Gasteiger partial charge in [-0.2, -0.15) is 11.8 Å². The van der Waals surface area contributed by atoms with Crippen LogP contribution in [0.15, 0.2) is 4.99 Å². The van der Waals surface area contributed by atoms with Gasteiger partial charge in [-0.1, -0.05) is 26.7 Å². The van der Waals surface area contributed by atoms with E-state index in [1.807, 2.05) is 11.8 Å². The lowest BCUT2D eigenvalue weighted by Gasteiger charge is -2.38. The van der Waals surface area contributed by atoms with Crippen LogP contribution >= 0.6 is 35.7 Å². The Morgan fingerprint density at radius 2 is 1.83 bits per heavy atom. The molecule has 0 aliphatic carbocycles. The van der Waals surface area contributed by atoms with E-state index < -0.39 is 0 Å². The van der Waals surface area contributed by atoms with E-state index in [1.165, 1.54) is 12.8 Å². The Balaban J connectivity index is 0.00000529. The highest BCUT2D eigenvalue weighted by Crippen LogP contribution is 2.20. The normalized spacial score (nSPS) is 17.5. The van der Waals surface area contributed by atoms with Gasteiger partial charge < -0.3 is 15.4 Å². The fraction of sp³-hybridized carbons (Fsp3) is 0.941. The topological polar surface area (TPSA) is 48.9 Å². The molecule has 1 aliphatic rings. The Labute approximate surface area is 170 Å². The molecule has 1 saturated heterocycles. The lowest BCUT2D eigenvalue weighted by Crippen LogP contribution is -2.49. The van der Waals surface area contributed by atoms with Gasteiger partial charge in [0.25, 0.3) is 0 Å². The van der Waals surface area contributed by atoms with Crippen molar-refractivity contribution in [3.63, 3.8) is 0 Å². The molecule has 0 amide bonds. The summed E-state index contributed by atoms with van der Waals surface area (Å²) in [5.74, 6) is 2.75. The molecule has 0 aromatic heterocycles. The summed E-state index contributed by atoms with van der Waals surface area (Å²) in [7, 11) is 0. The molecule has 144 valence electrons. The summed E-state index contributed by atoms with van der Waals surface area (Å²) < 4.78 is 5.52. The highest BCUT2D eigenvalue weighted by molar-refractivity contribution is 14.0. The Morgan fingerprint density at radius 1 is 1.17 bits per heavy atom. The summed E-state index contributed by atoms with van der Waals surface area (Å²) in [6.45, 7) is 13.2. The Bertz CT molecular complexity index is 324. The summed E-state index contributed by atoms with van der Waals surface area (Å²) in [5.41, 5.74) is 0. The van der Waals surface area contributed by atoms with Crippen molar-refractivity contribution in [1.29, 1.82) is 0 Å². The van der Waals surface area contributed by atoms with E-state index in [2.05, 4.69) is 42.6 Å². The lowest BCUT2D eigenvalue weighted by molar-refractivity contribution is 0.00395. The molecule has 1 unspecified atom stereocenters. The second kappa shape index (κ2) is 15.5. The fourth-order valence-corrected chi connectivity index (χ4v) is 3.41. The quantitative estimate of drug-likeness (QED) is 0.222. The zero-order valence-electron chi connectivity index (χ0n) is 15.8. The number of rotatable bonds is 10. The maximum absolute atomic E-state index is 5.52. The average molecular weight is 472 g/mol. The van der Waals surface area contributed by atoms with E-state index in [0.29, 0.717) is 12.0 Å². The van der Waals surface area contributed by atoms with Crippen LogP contribution in [0.5, 0.6) is 0 Å². The first-order chi connectivity index (χ1) is 11.3. The van der Waals surface area contributed by atoms with Crippen LogP contribution in [0.2, 0.25) is 0 Å². The second-order valence-corrected chi connectivity index (χ2v) is 6.92. The monoisotopic (exact) mass is 472 g/mol. The fourth-order valence-electron chi connectivity index (χ4n) is 3.10. The summed E-state index contributed by atoms with van der Waals surface area (Å²) in [4.78, 5) is 7.46. The van der Waals surface area contributed by atoms with Crippen LogP contribution < -0.4 is 10.6 Å². The highest BCUT2D eigenvalue weighted by Gasteiger charge is 2.26. The van der Waals surface area contributed by atoms with E-state index >= 15 is 0 Å². The number of hydrogen-bond donors (Lipinski definition) is 2. The molecule has 1 aliphatic heterocycles. The molecule has 2 N–H and O–H groups in total. The first-order valence-electron chi connectivity index (χ1n) is 9.09. The molecule has 0 spiro atoms. The predicted molar refractivity (Wildman–Crippen MR) is 118 cm³/mol. The standard InChI is InChI=1S/C17H36N4OS.HI/c1-5-15(6-2)16(21-9-11-22-12-10-21)14-20-17(18-7-3)19-8-13-23-4;/h15-16H,5-14H2,1-4H3,(H2,18,19,20);1H. The van der Waals surface area contributed by atoms with Crippen LogP contribution in [0, 0.1) is 5.92 Å². The largest absolute Gasteiger partial charge is 0.379 e. The van der Waals surface area contributed by atoms with Gasteiger partial charge in [0.05, 0.1) is 19.8 Å². The third-order valence-corrected chi connectivity index (χ3v) is 5.10. The first-order valence-corrected chi connectivity index (χ1v) is 10.5. The SMILES string of the molecule is CCNC(=NCC(C(CC)CC)N1CCOCC1)NCCSC.I. The van der Waals surface area contributed by atoms with Gasteiger partial charge in [0.1, 0.15) is 0 Å². The van der Waals surface area contributed by atoms with Crippen LogP contribution in [-0.4, -0.2) is 74.8 Å². The minimum atomic E-state index is 0. The predicted octanol–water partition coefficient (Wildman–Crippen LogP) is 2.66. The maximum Gasteiger partial charge on any atom is 0.191 e. The van der Waals surface area contributed by atoms with Crippen molar-refractivity contribution >= 4 is 41.7 Å². The second-order valence-electron chi connectivity index (χ2n) is 5.93. The zero-order chi connectivity index (χ0) is 16.9. The molecule has 1 fully saturated rings. The molecule has 0 aromatic carbocycles. The van der Waals surface area contributed by atoms with Gasteiger partial charge in [0.2, 0.25) is 0 Å². The minimum Gasteiger partial charge on any atom is -0.379 e. The van der Waals surface area contributed by atoms with Crippen LogP contribution in [0.1, 0.15) is 33.6 Å². The molecule has 24 heavy (non-hydrogen) atoms. The van der Waals surface area contributed by atoms with Gasteiger partial charge in [-0.15, -0.1) is 24.0 Å². The van der Waals surface area contributed by atoms with Gasteiger partial charge in [-0.05, 0) is 19.1 Å². The van der Waals surface area contributed by atoms with Crippen molar-refractivity contribution in [3.8, 4) is 0 Å². The number of halogens is 1. The number of aliphatic imine (C=N–C) groups is 1. The number of nitrogens with one attached hydrogen (secondary N) is 2. The van der Waals surface area contributed by atoms with Crippen molar-refractivity contribution in [2.75, 3.05) is 57.9 Å². The van der Waals surface area contributed by atoms with Crippen molar-refractivity contribution in [2.45, 2.75) is 39.7 Å². The average Bonchev–Trinajstić information content (AvgIpc) is 2.59. The summed E-state index contributed by atoms with van der Waals surface area (Å²) in [5, 5.41) is 6.79. The minimum absolute atomic E-state index is 0. The van der Waals surface area contributed by atoms with Gasteiger partial charge in [-0.3, -0.25) is 9.89 Å². The molecule has 0 aromatic rings. The Kier molecular flexibility index (Phi) is 15.7. The molecule has 0 bridgehead atoms. The van der Waals surface area contributed by atoms with Gasteiger partial charge in [-0.25, -0.2) is 0 Å². The molecule has 1 rings (SSSR count). The van der Waals surface area contributed by atoms with Crippen molar-refractivity contribution < 1.29 is 4.74 Å². The van der Waals surface area contributed by atoms with Crippen LogP contribution in [-0.2, 0) is 4.74 Å². The maximum atomic E-state index is 5.52. The molecule has 0 saturated carbocycles. The van der Waals surface area contributed by atoms with E-state index in [1.54, 1.807) is 0 Å². The smallest absolute Gasteiger partial charge is 0.191 e. The van der Waals surface area contributed by atoms with E-state index in [0.717, 1.165) is 57.6 Å². The Morgan fingerprint density at radius 3 is 2.38 bits per heavy atom. The molecule has 1 heterocycles.